The number of carboxylic acid groups (broad SMARTS) is 1. The van der Waals surface area contributed by atoms with E-state index in [0.29, 0.717) is 5.65 Å². The molecule has 0 radical (unpaired) electrons. The second kappa shape index (κ2) is 3.60. The van der Waals surface area contributed by atoms with Crippen LogP contribution in [0, 0.1) is 0 Å². The van der Waals surface area contributed by atoms with Gasteiger partial charge in [0.05, 0.1) is 5.97 Å². The number of fused-ring (bicyclic) bond motifs is 1. The molecular formula is C7H4LiN3O2. The van der Waals surface area contributed by atoms with Crippen molar-refractivity contribution in [2.75, 3.05) is 0 Å². The zero-order valence-corrected chi connectivity index (χ0v) is 6.97. The Balaban J connectivity index is 0.000000845. The molecule has 5 nitrogen and oxygen atoms in total. The minimum Gasteiger partial charge on any atom is -0.543 e. The van der Waals surface area contributed by atoms with Crippen molar-refractivity contribution >= 4 is 11.6 Å². The minimum absolute atomic E-state index is 0. The number of nitrogens with zero attached hydrogens (tertiary/aromatic N) is 3. The maximum absolute atomic E-state index is 10.4. The molecule has 0 bridgehead atoms. The molecule has 13 heavy (non-hydrogen) atoms. The van der Waals surface area contributed by atoms with Gasteiger partial charge >= 0.3 is 18.9 Å². The van der Waals surface area contributed by atoms with Crippen LogP contribution in [0.2, 0.25) is 0 Å². The molecule has 2 aromatic heterocycles. The normalized spacial score (nSPS) is 9.54. The third-order valence-corrected chi connectivity index (χ3v) is 1.49. The Labute approximate surface area is 85.6 Å². The first-order chi connectivity index (χ1) is 5.79. The quantitative estimate of drug-likeness (QED) is 0.409. The van der Waals surface area contributed by atoms with Gasteiger partial charge in [0.25, 0.3) is 0 Å². The average molecular weight is 169 g/mol. The van der Waals surface area contributed by atoms with Crippen molar-refractivity contribution in [3.05, 3.63) is 30.5 Å². The van der Waals surface area contributed by atoms with Crippen LogP contribution >= 0.6 is 0 Å². The Bertz CT molecular complexity index is 440. The maximum Gasteiger partial charge on any atom is 1.00 e. The molecule has 2 aromatic rings. The predicted molar refractivity (Wildman–Crippen MR) is 37.3 cm³/mol. The summed E-state index contributed by atoms with van der Waals surface area (Å²) in [7, 11) is 0. The van der Waals surface area contributed by atoms with E-state index in [9.17, 15) is 9.90 Å². The molecule has 0 N–H and O–H groups in total. The predicted octanol–water partition coefficient (Wildman–Crippen LogP) is -3.90. The summed E-state index contributed by atoms with van der Waals surface area (Å²) in [6, 6.07) is 1.69. The standard InChI is InChI=1S/C7H5N3O2.Li/c11-7(12)5-6-8-2-1-3-10(6)4-9-5;/h1-4H,(H,11,12);/q;+1/p-1. The van der Waals surface area contributed by atoms with Gasteiger partial charge in [0.1, 0.15) is 12.0 Å². The SMILES string of the molecule is O=C([O-])c1ncn2cccnc12.[Li+]. The van der Waals surface area contributed by atoms with Gasteiger partial charge in [0, 0.05) is 12.4 Å². The number of aromatic nitrogens is 3. The Morgan fingerprint density at radius 3 is 2.92 bits per heavy atom. The Kier molecular flexibility index (Phi) is 2.71. The summed E-state index contributed by atoms with van der Waals surface area (Å²) in [6.07, 6.45) is 4.55. The van der Waals surface area contributed by atoms with Gasteiger partial charge in [-0.3, -0.25) is 4.40 Å². The average Bonchev–Trinajstić information content (AvgIpc) is 2.47. The molecule has 2 heterocycles. The number of hydrogen-bond acceptors (Lipinski definition) is 4. The molecule has 0 atom stereocenters. The summed E-state index contributed by atoms with van der Waals surface area (Å²) in [5.74, 6) is -1.31. The van der Waals surface area contributed by atoms with Crippen molar-refractivity contribution < 1.29 is 28.8 Å². The van der Waals surface area contributed by atoms with Crippen LogP contribution in [-0.2, 0) is 0 Å². The molecule has 0 aliphatic rings. The van der Waals surface area contributed by atoms with Crippen molar-refractivity contribution in [2.45, 2.75) is 0 Å². The topological polar surface area (TPSA) is 70.3 Å². The van der Waals surface area contributed by atoms with Gasteiger partial charge in [0.2, 0.25) is 0 Å². The molecule has 0 spiro atoms. The molecule has 60 valence electrons. The van der Waals surface area contributed by atoms with E-state index < -0.39 is 5.97 Å². The van der Waals surface area contributed by atoms with E-state index in [1.54, 1.807) is 12.3 Å². The van der Waals surface area contributed by atoms with Crippen molar-refractivity contribution in [2.24, 2.45) is 0 Å². The first-order valence-electron chi connectivity index (χ1n) is 3.28. The summed E-state index contributed by atoms with van der Waals surface area (Å²) in [5, 5.41) is 10.4. The Morgan fingerprint density at radius 2 is 2.23 bits per heavy atom. The van der Waals surface area contributed by atoms with E-state index >= 15 is 0 Å². The summed E-state index contributed by atoms with van der Waals surface area (Å²) in [4.78, 5) is 17.9. The molecule has 0 unspecified atom stereocenters. The number of imidazole rings is 1. The molecular weight excluding hydrogens is 165 g/mol. The Hall–Kier alpha value is -1.31. The number of carbonyl (C=O) groups excluding carboxylic acids is 1. The fraction of sp³-hybridized carbons (Fsp3) is 0. The van der Waals surface area contributed by atoms with Gasteiger partial charge in [0.15, 0.2) is 5.65 Å². The van der Waals surface area contributed by atoms with Crippen LogP contribution in [0.5, 0.6) is 0 Å². The second-order valence-electron chi connectivity index (χ2n) is 2.23. The van der Waals surface area contributed by atoms with Crippen molar-refractivity contribution in [1.82, 2.24) is 14.4 Å². The molecule has 0 amide bonds. The molecule has 0 aromatic carbocycles. The number of hydrogen-bond donors (Lipinski definition) is 0. The van der Waals surface area contributed by atoms with Crippen LogP contribution in [0.15, 0.2) is 24.8 Å². The van der Waals surface area contributed by atoms with Gasteiger partial charge in [-0.05, 0) is 6.07 Å². The van der Waals surface area contributed by atoms with E-state index in [2.05, 4.69) is 9.97 Å². The fourth-order valence-electron chi connectivity index (χ4n) is 0.980. The summed E-state index contributed by atoms with van der Waals surface area (Å²) < 4.78 is 1.52. The van der Waals surface area contributed by atoms with E-state index in [-0.39, 0.29) is 24.6 Å². The Morgan fingerprint density at radius 1 is 1.46 bits per heavy atom. The van der Waals surface area contributed by atoms with Crippen molar-refractivity contribution in [3.8, 4) is 0 Å². The summed E-state index contributed by atoms with van der Waals surface area (Å²) >= 11 is 0. The van der Waals surface area contributed by atoms with Gasteiger partial charge in [-0.2, -0.15) is 0 Å². The van der Waals surface area contributed by atoms with Gasteiger partial charge < -0.3 is 9.90 Å². The summed E-state index contributed by atoms with van der Waals surface area (Å²) in [6.45, 7) is 0. The number of carbonyl (C=O) groups is 1. The van der Waals surface area contributed by atoms with E-state index in [0.717, 1.165) is 0 Å². The number of carboxylic acids is 1. The number of aromatic carboxylic acids is 1. The second-order valence-corrected chi connectivity index (χ2v) is 2.23. The van der Waals surface area contributed by atoms with E-state index in [1.807, 2.05) is 0 Å². The molecule has 0 saturated heterocycles. The molecule has 0 fully saturated rings. The third-order valence-electron chi connectivity index (χ3n) is 1.49. The first-order valence-corrected chi connectivity index (χ1v) is 3.28. The third kappa shape index (κ3) is 1.57. The molecule has 2 rings (SSSR count). The van der Waals surface area contributed by atoms with E-state index in [1.165, 1.54) is 16.9 Å². The van der Waals surface area contributed by atoms with E-state index in [4.69, 9.17) is 0 Å². The van der Waals surface area contributed by atoms with Crippen LogP contribution in [0.1, 0.15) is 10.5 Å². The van der Waals surface area contributed by atoms with Crippen molar-refractivity contribution in [3.63, 3.8) is 0 Å². The van der Waals surface area contributed by atoms with Crippen molar-refractivity contribution in [1.29, 1.82) is 0 Å². The number of rotatable bonds is 1. The van der Waals surface area contributed by atoms with Crippen LogP contribution in [0.3, 0.4) is 0 Å². The molecule has 0 aliphatic carbocycles. The largest absolute Gasteiger partial charge is 1.00 e. The maximum atomic E-state index is 10.4. The molecule has 0 aliphatic heterocycles. The van der Waals surface area contributed by atoms with Crippen LogP contribution < -0.4 is 24.0 Å². The monoisotopic (exact) mass is 169 g/mol. The zero-order valence-electron chi connectivity index (χ0n) is 6.97. The van der Waals surface area contributed by atoms with Gasteiger partial charge in [-0.25, -0.2) is 9.97 Å². The fourth-order valence-corrected chi connectivity index (χ4v) is 0.980. The zero-order chi connectivity index (χ0) is 8.55. The molecule has 6 heteroatoms. The summed E-state index contributed by atoms with van der Waals surface area (Å²) in [5.41, 5.74) is 0.174. The van der Waals surface area contributed by atoms with Crippen LogP contribution in [-0.4, -0.2) is 20.3 Å². The van der Waals surface area contributed by atoms with Crippen LogP contribution in [0.4, 0.5) is 0 Å². The minimum atomic E-state index is -1.31. The van der Waals surface area contributed by atoms with Gasteiger partial charge in [-0.15, -0.1) is 0 Å². The van der Waals surface area contributed by atoms with Crippen LogP contribution in [0.25, 0.3) is 5.65 Å². The smallest absolute Gasteiger partial charge is 0.543 e. The first kappa shape index (κ1) is 9.77. The molecule has 0 saturated carbocycles. The van der Waals surface area contributed by atoms with Gasteiger partial charge in [-0.1, -0.05) is 0 Å².